The highest BCUT2D eigenvalue weighted by atomic mass is 31.2. The van der Waals surface area contributed by atoms with Gasteiger partial charge in [-0.05, 0) is 0 Å². The van der Waals surface area contributed by atoms with Gasteiger partial charge in [0, 0.05) is 27.4 Å². The molecule has 0 aromatic carbocycles. The van der Waals surface area contributed by atoms with Crippen molar-refractivity contribution in [2.75, 3.05) is 0 Å². The second kappa shape index (κ2) is 70.3. The fourth-order valence-electron chi connectivity index (χ4n) is 0. The van der Waals surface area contributed by atoms with Crippen molar-refractivity contribution in [2.24, 2.45) is 0 Å². The smallest absolute Gasteiger partial charge is 0.344 e. The number of hydrogen-bond acceptors (Lipinski definition) is 12. The molecular formula is H24F6N6O12P6+6. The predicted molar refractivity (Wildman–Crippen MR) is 95.7 cm³/mol. The first kappa shape index (κ1) is 78.1. The zero-order valence-electron chi connectivity index (χ0n) is 14.3. The van der Waals surface area contributed by atoms with Crippen molar-refractivity contribution in [1.82, 2.24) is 36.9 Å². The lowest BCUT2D eigenvalue weighted by Gasteiger charge is -1.27. The van der Waals surface area contributed by atoms with Crippen LogP contribution in [0.1, 0.15) is 0 Å². The lowest BCUT2D eigenvalue weighted by molar-refractivity contribution is 0.458. The molecule has 0 aliphatic carbocycles. The molecule has 0 rings (SSSR count). The minimum absolute atomic E-state index is 0. The maximum absolute atomic E-state index is 10.1. The third-order valence-electron chi connectivity index (χ3n) is 0. The molecule has 30 heavy (non-hydrogen) atoms. The van der Waals surface area contributed by atoms with E-state index in [4.69, 9.17) is 56.8 Å². The molecule has 0 heterocycles. The quantitative estimate of drug-likeness (QED) is 0.133. The van der Waals surface area contributed by atoms with Crippen molar-refractivity contribution in [3.05, 3.63) is 0 Å². The topological polar surface area (TPSA) is 434 Å². The van der Waals surface area contributed by atoms with Crippen molar-refractivity contribution in [3.63, 3.8) is 0 Å². The van der Waals surface area contributed by atoms with Gasteiger partial charge in [0.15, 0.2) is 0 Å². The predicted octanol–water partition coefficient (Wildman–Crippen LogP) is 4.61. The first-order chi connectivity index (χ1) is 10.4. The Balaban J connectivity index is -0.0000000125. The SMILES string of the molecule is N.N.N.N.N.N.O=[P+](O)F.O=[P+](O)F.O=[P+](O)F.O=[P+](O)F.O=[P+](O)F.O=[P+](O)F. The van der Waals surface area contributed by atoms with Gasteiger partial charge in [-0.15, -0.1) is 29.4 Å². The zero-order valence-corrected chi connectivity index (χ0v) is 19.7. The van der Waals surface area contributed by atoms with Gasteiger partial charge in [-0.1, -0.05) is 0 Å². The number of hydrogen-bond donors (Lipinski definition) is 12. The van der Waals surface area contributed by atoms with Gasteiger partial charge in [-0.2, -0.15) is 0 Å². The Morgan fingerprint density at radius 2 is 0.300 bits per heavy atom. The summed E-state index contributed by atoms with van der Waals surface area (Å²) in [5.74, 6) is 0. The molecule has 0 fully saturated rings. The lowest BCUT2D eigenvalue weighted by Crippen LogP contribution is -1.24. The van der Waals surface area contributed by atoms with Crippen molar-refractivity contribution in [1.29, 1.82) is 0 Å². The Hall–Kier alpha value is -0.300. The van der Waals surface area contributed by atoms with Crippen LogP contribution in [0.5, 0.6) is 0 Å². The van der Waals surface area contributed by atoms with E-state index in [-0.39, 0.29) is 36.9 Å². The van der Waals surface area contributed by atoms with E-state index in [2.05, 4.69) is 0 Å². The van der Waals surface area contributed by atoms with E-state index in [1.165, 1.54) is 0 Å². The van der Waals surface area contributed by atoms with E-state index in [0.29, 0.717) is 0 Å². The highest BCUT2D eigenvalue weighted by Gasteiger charge is 2.01. The molecule has 0 radical (unpaired) electrons. The summed E-state index contributed by atoms with van der Waals surface area (Å²) in [6.45, 7) is 0. The van der Waals surface area contributed by atoms with Gasteiger partial charge in [-0.3, -0.25) is 0 Å². The average Bonchev–Trinajstić information content (AvgIpc) is 2.08. The Morgan fingerprint density at radius 1 is 0.300 bits per heavy atom. The maximum Gasteiger partial charge on any atom is 0.743 e. The molecule has 0 saturated heterocycles. The summed E-state index contributed by atoms with van der Waals surface area (Å²) in [7, 11) is -20.2. The molecule has 0 aromatic heterocycles. The Bertz CT molecular complexity index is 289. The maximum atomic E-state index is 10.1. The van der Waals surface area contributed by atoms with Crippen LogP contribution in [0.2, 0.25) is 0 Å². The van der Waals surface area contributed by atoms with E-state index in [0.717, 1.165) is 0 Å². The van der Waals surface area contributed by atoms with Crippen LogP contribution in [0.15, 0.2) is 0 Å². The molecular weight excluding hydrogens is 576 g/mol. The van der Waals surface area contributed by atoms with Gasteiger partial charge in [-0.25, -0.2) is 0 Å². The largest absolute Gasteiger partial charge is 0.743 e. The molecule has 0 spiro atoms. The molecule has 0 aliphatic rings. The molecule has 0 bridgehead atoms. The van der Waals surface area contributed by atoms with E-state index >= 15 is 0 Å². The average molecular weight is 600 g/mol. The highest BCUT2D eigenvalue weighted by molar-refractivity contribution is 7.32. The summed E-state index contributed by atoms with van der Waals surface area (Å²) in [6.07, 6.45) is 0. The van der Waals surface area contributed by atoms with Gasteiger partial charge in [0.05, 0.1) is 25.2 Å². The summed E-state index contributed by atoms with van der Waals surface area (Å²) < 4.78 is 111. The lowest BCUT2D eigenvalue weighted by atomic mass is 14.0. The van der Waals surface area contributed by atoms with Gasteiger partial charge >= 0.3 is 50.0 Å². The third kappa shape index (κ3) is 219000. The van der Waals surface area contributed by atoms with Crippen LogP contribution in [0, 0.1) is 0 Å². The molecule has 6 atom stereocenters. The van der Waals surface area contributed by atoms with Gasteiger partial charge in [0.25, 0.3) is 0 Å². The fraction of sp³-hybridized carbons (Fsp3) is 0. The van der Waals surface area contributed by atoms with E-state index in [1.54, 1.807) is 0 Å². The molecule has 192 valence electrons. The molecule has 0 aromatic rings. The Labute approximate surface area is 169 Å². The number of rotatable bonds is 0. The zero-order chi connectivity index (χ0) is 21.5. The van der Waals surface area contributed by atoms with Gasteiger partial charge in [0.1, 0.15) is 0 Å². The highest BCUT2D eigenvalue weighted by Crippen LogP contribution is 2.12. The first-order valence-corrected chi connectivity index (χ1v) is 9.93. The molecule has 30 heteroatoms. The van der Waals surface area contributed by atoms with Crippen molar-refractivity contribution in [3.8, 4) is 0 Å². The molecule has 0 aliphatic heterocycles. The van der Waals surface area contributed by atoms with Crippen LogP contribution >= 0.6 is 50.0 Å². The van der Waals surface area contributed by atoms with Gasteiger partial charge < -0.3 is 36.9 Å². The monoisotopic (exact) mass is 600 g/mol. The summed E-state index contributed by atoms with van der Waals surface area (Å²) in [4.78, 5) is 41.4. The van der Waals surface area contributed by atoms with Gasteiger partial charge in [0.2, 0.25) is 0 Å². The van der Waals surface area contributed by atoms with Crippen molar-refractivity contribution >= 4 is 50.0 Å². The Kier molecular flexibility index (Phi) is 183. The molecule has 0 amide bonds. The minimum Gasteiger partial charge on any atom is -0.344 e. The standard InChI is InChI=1S/6FO2P.6H3N/c6*1-4(2)3;;;;;;/h;;;;;;6*1H3/p+6. The van der Waals surface area contributed by atoms with Crippen LogP contribution < -0.4 is 36.9 Å². The second-order valence-electron chi connectivity index (χ2n) is 1.36. The Morgan fingerprint density at radius 3 is 0.300 bits per heavy atom. The summed E-state index contributed by atoms with van der Waals surface area (Å²) in [5.41, 5.74) is 0. The molecule has 6 unspecified atom stereocenters. The van der Waals surface area contributed by atoms with E-state index < -0.39 is 50.0 Å². The van der Waals surface area contributed by atoms with Crippen LogP contribution in [-0.2, 0) is 27.4 Å². The summed E-state index contributed by atoms with van der Waals surface area (Å²) >= 11 is 0. The van der Waals surface area contributed by atoms with Crippen molar-refractivity contribution < 1.29 is 81.9 Å². The van der Waals surface area contributed by atoms with E-state index in [1.807, 2.05) is 0 Å². The summed E-state index contributed by atoms with van der Waals surface area (Å²) in [6, 6.07) is 0. The normalized spacial score (nSPS) is 8.80. The van der Waals surface area contributed by atoms with Crippen LogP contribution in [0.4, 0.5) is 25.2 Å². The molecule has 0 saturated carbocycles. The van der Waals surface area contributed by atoms with Crippen LogP contribution in [0.3, 0.4) is 0 Å². The van der Waals surface area contributed by atoms with E-state index in [9.17, 15) is 25.2 Å². The summed E-state index contributed by atoms with van der Waals surface area (Å²) in [5, 5.41) is 0. The van der Waals surface area contributed by atoms with Crippen molar-refractivity contribution in [2.45, 2.75) is 0 Å². The second-order valence-corrected chi connectivity index (χ2v) is 4.07. The minimum atomic E-state index is -3.37. The van der Waals surface area contributed by atoms with Crippen LogP contribution in [0.25, 0.3) is 0 Å². The molecule has 24 N–H and O–H groups in total. The first-order valence-electron chi connectivity index (χ1n) is 3.31. The van der Waals surface area contributed by atoms with Crippen LogP contribution in [-0.4, -0.2) is 29.4 Å². The molecule has 18 nitrogen and oxygen atoms in total. The number of halogens is 6. The third-order valence-corrected chi connectivity index (χ3v) is 0. The fourth-order valence-corrected chi connectivity index (χ4v) is 0.